The highest BCUT2D eigenvalue weighted by Crippen LogP contribution is 2.24. The highest BCUT2D eigenvalue weighted by Gasteiger charge is 2.17. The average Bonchev–Trinajstić information content (AvgIpc) is 3.26. The van der Waals surface area contributed by atoms with E-state index in [0.29, 0.717) is 5.52 Å². The monoisotopic (exact) mass is 383 g/mol. The van der Waals surface area contributed by atoms with Crippen LogP contribution in [-0.4, -0.2) is 30.1 Å². The molecule has 9 nitrogen and oxygen atoms in total. The highest BCUT2D eigenvalue weighted by atomic mass is 32.1. The van der Waals surface area contributed by atoms with Crippen molar-refractivity contribution in [1.29, 1.82) is 0 Å². The van der Waals surface area contributed by atoms with E-state index in [0.717, 1.165) is 9.38 Å². The van der Waals surface area contributed by atoms with E-state index in [1.165, 1.54) is 28.1 Å². The first kappa shape index (κ1) is 16.8. The molecule has 4 aromatic heterocycles. The number of fused-ring (bicyclic) bond motifs is 3. The Morgan fingerprint density at radius 3 is 2.81 bits per heavy atom. The Balaban J connectivity index is 1.66. The molecule has 0 saturated heterocycles. The van der Waals surface area contributed by atoms with Gasteiger partial charge in [-0.25, -0.2) is 23.9 Å². The highest BCUT2D eigenvalue weighted by molar-refractivity contribution is 7.17. The summed E-state index contributed by atoms with van der Waals surface area (Å²) in [5, 5.41) is 8.24. The summed E-state index contributed by atoms with van der Waals surface area (Å²) in [6.07, 6.45) is 2.53. The smallest absolute Gasteiger partial charge is 0.291 e. The maximum atomic E-state index is 13.5. The van der Waals surface area contributed by atoms with Crippen LogP contribution in [0.5, 0.6) is 0 Å². The Kier molecular flexibility index (Phi) is 4.09. The summed E-state index contributed by atoms with van der Waals surface area (Å²) in [4.78, 5) is 35.7. The lowest BCUT2D eigenvalue weighted by atomic mass is 10.5. The molecule has 0 saturated carbocycles. The van der Waals surface area contributed by atoms with Gasteiger partial charge in [0.1, 0.15) is 18.7 Å². The molecule has 0 aromatic carbocycles. The second-order valence-electron chi connectivity index (χ2n) is 5.47. The van der Waals surface area contributed by atoms with E-state index in [9.17, 15) is 14.0 Å². The van der Waals surface area contributed by atoms with E-state index in [2.05, 4.69) is 25.2 Å². The van der Waals surface area contributed by atoms with Crippen molar-refractivity contribution in [2.75, 3.05) is 5.32 Å². The summed E-state index contributed by atoms with van der Waals surface area (Å²) in [6.45, 7) is 5.53. The summed E-state index contributed by atoms with van der Waals surface area (Å²) >= 11 is 1.43. The Hall–Kier alpha value is -3.65. The second-order valence-corrected chi connectivity index (χ2v) is 6.42. The van der Waals surface area contributed by atoms with Gasteiger partial charge in [-0.2, -0.15) is 5.10 Å². The topological polar surface area (TPSA) is 98.5 Å². The molecule has 0 spiro atoms. The number of carbonyl (C=O) groups is 1. The van der Waals surface area contributed by atoms with Gasteiger partial charge in [0, 0.05) is 12.4 Å². The van der Waals surface area contributed by atoms with Crippen molar-refractivity contribution in [3.63, 3.8) is 0 Å². The van der Waals surface area contributed by atoms with Gasteiger partial charge in [0.25, 0.3) is 5.56 Å². The first-order valence-electron chi connectivity index (χ1n) is 7.64. The summed E-state index contributed by atoms with van der Waals surface area (Å²) in [6, 6.07) is 3.44. The van der Waals surface area contributed by atoms with Crippen LogP contribution in [0.4, 0.5) is 16.0 Å². The predicted molar refractivity (Wildman–Crippen MR) is 96.6 cm³/mol. The number of anilines is 1. The molecule has 0 aliphatic rings. The number of rotatable bonds is 4. The number of thiophene rings is 1. The number of alkyl halides is 1. The van der Waals surface area contributed by atoms with E-state index in [-0.39, 0.29) is 23.0 Å². The Bertz CT molecular complexity index is 1270. The average molecular weight is 383 g/mol. The van der Waals surface area contributed by atoms with Crippen molar-refractivity contribution in [1.82, 2.24) is 24.1 Å². The van der Waals surface area contributed by atoms with E-state index in [1.807, 2.05) is 5.38 Å². The van der Waals surface area contributed by atoms with Crippen LogP contribution in [0.25, 0.3) is 20.6 Å². The van der Waals surface area contributed by atoms with E-state index in [4.69, 9.17) is 6.57 Å². The first-order valence-corrected chi connectivity index (χ1v) is 8.52. The van der Waals surface area contributed by atoms with Gasteiger partial charge in [-0.1, -0.05) is 0 Å². The molecule has 0 unspecified atom stereocenters. The molecule has 4 heterocycles. The lowest BCUT2D eigenvalue weighted by Gasteiger charge is -2.09. The van der Waals surface area contributed by atoms with Crippen molar-refractivity contribution < 1.29 is 9.18 Å². The molecular formula is C16H10FN7O2S. The van der Waals surface area contributed by atoms with Crippen LogP contribution >= 0.6 is 11.3 Å². The standard InChI is InChI=1S/C16H10FN7O2S/c1-18-9-6-19-16(20-7-9)21-14(25)8-23-15(26)11-4-12-10(2-3-27-12)24(11)13(5-17)22-23/h2-4,6-7H,5,8H2,(H,19,20,21,25). The third-order valence-electron chi connectivity index (χ3n) is 3.80. The zero-order chi connectivity index (χ0) is 19.0. The van der Waals surface area contributed by atoms with Crippen LogP contribution in [-0.2, 0) is 18.0 Å². The van der Waals surface area contributed by atoms with E-state index >= 15 is 0 Å². The molecule has 4 aromatic rings. The van der Waals surface area contributed by atoms with Gasteiger partial charge in [0.15, 0.2) is 5.82 Å². The maximum absolute atomic E-state index is 13.5. The van der Waals surface area contributed by atoms with Crippen molar-refractivity contribution in [3.8, 4) is 0 Å². The number of amides is 1. The van der Waals surface area contributed by atoms with Crippen molar-refractivity contribution in [2.24, 2.45) is 0 Å². The number of nitrogens with zero attached hydrogens (tertiary/aromatic N) is 6. The molecule has 0 aliphatic carbocycles. The van der Waals surface area contributed by atoms with Gasteiger partial charge < -0.3 is 0 Å². The summed E-state index contributed by atoms with van der Waals surface area (Å²) < 4.78 is 16.7. The third-order valence-corrected chi connectivity index (χ3v) is 4.66. The molecule has 27 heavy (non-hydrogen) atoms. The normalized spacial score (nSPS) is 11.0. The molecule has 0 atom stereocenters. The second kappa shape index (κ2) is 6.58. The predicted octanol–water partition coefficient (Wildman–Crippen LogP) is 2.16. The van der Waals surface area contributed by atoms with Crippen LogP contribution < -0.4 is 10.9 Å². The maximum Gasteiger partial charge on any atom is 0.291 e. The summed E-state index contributed by atoms with van der Waals surface area (Å²) in [5.74, 6) is -0.568. The van der Waals surface area contributed by atoms with Gasteiger partial charge in [0.2, 0.25) is 17.5 Å². The van der Waals surface area contributed by atoms with Crippen molar-refractivity contribution >= 4 is 44.6 Å². The fraction of sp³-hybridized carbons (Fsp3) is 0.125. The largest absolute Gasteiger partial charge is 0.293 e. The van der Waals surface area contributed by atoms with Gasteiger partial charge in [-0.3, -0.25) is 19.3 Å². The molecule has 0 bridgehead atoms. The fourth-order valence-corrected chi connectivity index (χ4v) is 3.46. The van der Waals surface area contributed by atoms with Gasteiger partial charge in [-0.15, -0.1) is 11.3 Å². The van der Waals surface area contributed by atoms with Gasteiger partial charge in [0.05, 0.1) is 16.8 Å². The summed E-state index contributed by atoms with van der Waals surface area (Å²) in [5.41, 5.74) is 0.689. The third kappa shape index (κ3) is 2.91. The molecule has 1 amide bonds. The van der Waals surface area contributed by atoms with Gasteiger partial charge >= 0.3 is 0 Å². The van der Waals surface area contributed by atoms with Gasteiger partial charge in [-0.05, 0) is 17.5 Å². The van der Waals surface area contributed by atoms with Crippen LogP contribution in [0.3, 0.4) is 0 Å². The molecule has 0 aliphatic heterocycles. The van der Waals surface area contributed by atoms with Crippen LogP contribution in [0.2, 0.25) is 0 Å². The molecule has 11 heteroatoms. The molecule has 0 radical (unpaired) electrons. The number of hydrogen-bond donors (Lipinski definition) is 1. The molecular weight excluding hydrogens is 373 g/mol. The number of hydrogen-bond acceptors (Lipinski definition) is 6. The number of aromatic nitrogens is 5. The minimum atomic E-state index is -0.890. The lowest BCUT2D eigenvalue weighted by Crippen LogP contribution is -2.32. The number of halogens is 1. The molecule has 0 fully saturated rings. The van der Waals surface area contributed by atoms with Crippen LogP contribution in [0, 0.1) is 6.57 Å². The SMILES string of the molecule is [C-]#[N+]c1cnc(NC(=O)Cn2nc(CF)n3c(cc4sccc43)c2=O)nc1. The Morgan fingerprint density at radius 2 is 2.11 bits per heavy atom. The molecule has 1 N–H and O–H groups in total. The lowest BCUT2D eigenvalue weighted by molar-refractivity contribution is -0.117. The molecule has 134 valence electrons. The van der Waals surface area contributed by atoms with Crippen molar-refractivity contribution in [3.05, 3.63) is 57.5 Å². The summed E-state index contributed by atoms with van der Waals surface area (Å²) in [7, 11) is 0. The zero-order valence-corrected chi connectivity index (χ0v) is 14.4. The van der Waals surface area contributed by atoms with E-state index < -0.39 is 24.7 Å². The van der Waals surface area contributed by atoms with Crippen LogP contribution in [0.15, 0.2) is 34.7 Å². The van der Waals surface area contributed by atoms with Crippen molar-refractivity contribution in [2.45, 2.75) is 13.2 Å². The number of carbonyl (C=O) groups excluding carboxylic acids is 1. The Morgan fingerprint density at radius 1 is 1.33 bits per heavy atom. The zero-order valence-electron chi connectivity index (χ0n) is 13.6. The van der Waals surface area contributed by atoms with Crippen LogP contribution in [0.1, 0.15) is 5.82 Å². The number of nitrogens with one attached hydrogen (secondary N) is 1. The minimum absolute atomic E-state index is 0.00422. The fourth-order valence-electron chi connectivity index (χ4n) is 2.66. The quantitative estimate of drug-likeness (QED) is 0.545. The first-order chi connectivity index (χ1) is 13.1. The minimum Gasteiger partial charge on any atom is -0.293 e. The Labute approximate surface area is 154 Å². The van der Waals surface area contributed by atoms with E-state index in [1.54, 1.807) is 12.1 Å². The molecule has 4 rings (SSSR count).